The molecule has 3 aromatic carbocycles. The second-order valence-electron chi connectivity index (χ2n) is 7.96. The summed E-state index contributed by atoms with van der Waals surface area (Å²) in [4.78, 5) is 15.7. The van der Waals surface area contributed by atoms with E-state index in [9.17, 15) is 18.3 Å². The van der Waals surface area contributed by atoms with Crippen LogP contribution in [0.5, 0.6) is 11.6 Å². The molecule has 2 N–H and O–H groups in total. The van der Waals surface area contributed by atoms with Crippen LogP contribution in [0.2, 0.25) is 0 Å². The maximum atomic E-state index is 13.6. The van der Waals surface area contributed by atoms with Crippen LogP contribution in [0.25, 0.3) is 10.9 Å². The van der Waals surface area contributed by atoms with E-state index in [1.54, 1.807) is 61.5 Å². The minimum absolute atomic E-state index is 0.0191. The van der Waals surface area contributed by atoms with Crippen molar-refractivity contribution >= 4 is 38.2 Å². The van der Waals surface area contributed by atoms with Gasteiger partial charge in [-0.25, -0.2) is 8.42 Å². The molecule has 0 aliphatic carbocycles. The maximum Gasteiger partial charge on any atom is 0.285 e. The smallest absolute Gasteiger partial charge is 0.285 e. The molecule has 0 aliphatic rings. The van der Waals surface area contributed by atoms with Crippen molar-refractivity contribution in [3.63, 3.8) is 0 Å². The molecule has 1 amide bonds. The Balaban J connectivity index is 1.73. The summed E-state index contributed by atoms with van der Waals surface area (Å²) in [6, 6.07) is 18.4. The first kappa shape index (κ1) is 24.0. The minimum Gasteiger partial charge on any atom is -0.495 e. The molecular formula is C25H24N4O5S. The summed E-state index contributed by atoms with van der Waals surface area (Å²) < 4.78 is 33.6. The number of aromatic amines is 1. The van der Waals surface area contributed by atoms with E-state index in [0.717, 1.165) is 15.4 Å². The van der Waals surface area contributed by atoms with E-state index < -0.39 is 22.5 Å². The topological polar surface area (TPSA) is 124 Å². The van der Waals surface area contributed by atoms with Crippen molar-refractivity contribution in [2.24, 2.45) is 10.2 Å². The molecule has 35 heavy (non-hydrogen) atoms. The highest BCUT2D eigenvalue weighted by Crippen LogP contribution is 2.36. The number of hydrogen-bond donors (Lipinski definition) is 2. The van der Waals surface area contributed by atoms with Crippen LogP contribution < -0.4 is 9.04 Å². The molecule has 0 unspecified atom stereocenters. The van der Waals surface area contributed by atoms with Gasteiger partial charge in [-0.05, 0) is 49.7 Å². The van der Waals surface area contributed by atoms with Crippen LogP contribution in [-0.4, -0.2) is 38.1 Å². The zero-order chi connectivity index (χ0) is 25.2. The first-order chi connectivity index (χ1) is 16.7. The third-order valence-corrected chi connectivity index (χ3v) is 7.19. The van der Waals surface area contributed by atoms with E-state index in [-0.39, 0.29) is 27.9 Å². The lowest BCUT2D eigenvalue weighted by Gasteiger charge is -2.25. The summed E-state index contributed by atoms with van der Waals surface area (Å²) in [5.74, 6) is -0.786. The highest BCUT2D eigenvalue weighted by Gasteiger charge is 2.29. The van der Waals surface area contributed by atoms with Gasteiger partial charge in [0.2, 0.25) is 5.88 Å². The van der Waals surface area contributed by atoms with E-state index in [1.165, 1.54) is 19.2 Å². The lowest BCUT2D eigenvalue weighted by atomic mass is 10.2. The lowest BCUT2D eigenvalue weighted by Crippen LogP contribution is -2.35. The molecular weight excluding hydrogens is 468 g/mol. The number of azo groups is 1. The van der Waals surface area contributed by atoms with Crippen molar-refractivity contribution in [2.75, 3.05) is 18.0 Å². The quantitative estimate of drug-likeness (QED) is 0.351. The van der Waals surface area contributed by atoms with Crippen LogP contribution in [-0.2, 0) is 14.8 Å². The summed E-state index contributed by atoms with van der Waals surface area (Å²) in [5.41, 5.74) is 2.59. The van der Waals surface area contributed by atoms with Gasteiger partial charge in [-0.15, -0.1) is 10.2 Å². The first-order valence-corrected chi connectivity index (χ1v) is 12.1. The van der Waals surface area contributed by atoms with Gasteiger partial charge in [0, 0.05) is 5.39 Å². The minimum atomic E-state index is -4.15. The number of H-pyrrole nitrogens is 1. The number of aromatic nitrogens is 1. The number of carbonyl (C=O) groups excluding carboxylic acids is 1. The molecule has 0 saturated carbocycles. The summed E-state index contributed by atoms with van der Waals surface area (Å²) in [6.07, 6.45) is 0. The van der Waals surface area contributed by atoms with Gasteiger partial charge < -0.3 is 14.8 Å². The number of hydrogen-bond acceptors (Lipinski definition) is 6. The molecule has 0 radical (unpaired) electrons. The molecule has 180 valence electrons. The number of nitrogens with zero attached hydrogens (tertiary/aromatic N) is 3. The van der Waals surface area contributed by atoms with Gasteiger partial charge in [0.05, 0.1) is 23.2 Å². The Morgan fingerprint density at radius 1 is 1.03 bits per heavy atom. The second kappa shape index (κ2) is 9.59. The highest BCUT2D eigenvalue weighted by atomic mass is 32.2. The molecule has 0 fully saturated rings. The average molecular weight is 493 g/mol. The average Bonchev–Trinajstić information content (AvgIpc) is 3.16. The zero-order valence-electron chi connectivity index (χ0n) is 19.4. The molecule has 1 aromatic heterocycles. The van der Waals surface area contributed by atoms with E-state index in [2.05, 4.69) is 15.2 Å². The number of carbonyl (C=O) groups is 1. The maximum absolute atomic E-state index is 13.6. The number of benzene rings is 3. The van der Waals surface area contributed by atoms with Crippen molar-refractivity contribution in [1.82, 2.24) is 4.98 Å². The Morgan fingerprint density at radius 2 is 1.71 bits per heavy atom. The van der Waals surface area contributed by atoms with Crippen LogP contribution in [0, 0.1) is 13.8 Å². The molecule has 1 heterocycles. The summed E-state index contributed by atoms with van der Waals surface area (Å²) >= 11 is 0. The Bertz CT molecular complexity index is 1530. The number of aryl methyl sites for hydroxylation is 2. The van der Waals surface area contributed by atoms with Crippen molar-refractivity contribution in [3.05, 3.63) is 77.9 Å². The first-order valence-electron chi connectivity index (χ1n) is 10.7. The van der Waals surface area contributed by atoms with Crippen LogP contribution in [0.4, 0.5) is 11.4 Å². The summed E-state index contributed by atoms with van der Waals surface area (Å²) in [6.45, 7) is 3.03. The monoisotopic (exact) mass is 492 g/mol. The van der Waals surface area contributed by atoms with Crippen LogP contribution >= 0.6 is 0 Å². The van der Waals surface area contributed by atoms with Crippen molar-refractivity contribution in [1.29, 1.82) is 0 Å². The molecule has 10 heteroatoms. The van der Waals surface area contributed by atoms with Gasteiger partial charge in [-0.2, -0.15) is 0 Å². The van der Waals surface area contributed by atoms with Gasteiger partial charge >= 0.3 is 0 Å². The van der Waals surface area contributed by atoms with Gasteiger partial charge in [0.15, 0.2) is 5.69 Å². The van der Waals surface area contributed by atoms with Gasteiger partial charge in [0.1, 0.15) is 12.3 Å². The molecule has 4 rings (SSSR count). The summed E-state index contributed by atoms with van der Waals surface area (Å²) in [7, 11) is -2.73. The van der Waals surface area contributed by atoms with Crippen LogP contribution in [0.3, 0.4) is 0 Å². The van der Waals surface area contributed by atoms with Gasteiger partial charge in [0.25, 0.3) is 15.9 Å². The number of methoxy groups -OCH3 is 1. The molecule has 0 bridgehead atoms. The SMILES string of the molecule is COc1ccc(C)cc1N(CC(=O)N=Nc1c(O)[nH]c2ccccc12)S(=O)(=O)c1ccc(C)cc1. The number of aromatic hydroxyl groups is 1. The van der Waals surface area contributed by atoms with E-state index >= 15 is 0 Å². The number of sulfonamides is 1. The van der Waals surface area contributed by atoms with E-state index in [0.29, 0.717) is 10.9 Å². The fraction of sp³-hybridized carbons (Fsp3) is 0.160. The fourth-order valence-corrected chi connectivity index (χ4v) is 5.02. The Labute approximate surface area is 202 Å². The van der Waals surface area contributed by atoms with Crippen molar-refractivity contribution < 1.29 is 23.1 Å². The third kappa shape index (κ3) is 4.87. The largest absolute Gasteiger partial charge is 0.495 e. The Hall–Kier alpha value is -4.18. The molecule has 9 nitrogen and oxygen atoms in total. The second-order valence-corrected chi connectivity index (χ2v) is 9.82. The van der Waals surface area contributed by atoms with Crippen molar-refractivity contribution in [3.8, 4) is 11.6 Å². The normalized spacial score (nSPS) is 11.7. The highest BCUT2D eigenvalue weighted by molar-refractivity contribution is 7.92. The fourth-order valence-electron chi connectivity index (χ4n) is 3.61. The Morgan fingerprint density at radius 3 is 2.43 bits per heavy atom. The molecule has 0 saturated heterocycles. The number of ether oxygens (including phenoxy) is 1. The zero-order valence-corrected chi connectivity index (χ0v) is 20.2. The number of fused-ring (bicyclic) bond motifs is 1. The molecule has 0 aliphatic heterocycles. The van der Waals surface area contributed by atoms with Crippen LogP contribution in [0.1, 0.15) is 11.1 Å². The summed E-state index contributed by atoms with van der Waals surface area (Å²) in [5, 5.41) is 18.3. The predicted molar refractivity (Wildman–Crippen MR) is 133 cm³/mol. The van der Waals surface area contributed by atoms with Crippen molar-refractivity contribution in [2.45, 2.75) is 18.7 Å². The van der Waals surface area contributed by atoms with Gasteiger partial charge in [-0.3, -0.25) is 9.10 Å². The molecule has 0 atom stereocenters. The lowest BCUT2D eigenvalue weighted by molar-refractivity contribution is -0.116. The number of nitrogens with one attached hydrogen (secondary N) is 1. The van der Waals surface area contributed by atoms with E-state index in [4.69, 9.17) is 4.74 Å². The van der Waals surface area contributed by atoms with Crippen LogP contribution in [0.15, 0.2) is 81.9 Å². The van der Waals surface area contributed by atoms with E-state index in [1.807, 2.05) is 6.92 Å². The number of anilines is 1. The number of rotatable bonds is 7. The third-order valence-electron chi connectivity index (χ3n) is 5.41. The van der Waals surface area contributed by atoms with Gasteiger partial charge in [-0.1, -0.05) is 42.0 Å². The Kier molecular flexibility index (Phi) is 6.57. The molecule has 4 aromatic rings. The standard InChI is InChI=1S/C25H24N4O5S/c1-16-8-11-18(12-9-16)35(32,33)29(21-14-17(2)10-13-22(21)34-3)15-23(30)27-28-24-19-6-4-5-7-20(19)26-25(24)31/h4-14,26,31H,15H2,1-3H3. The predicted octanol–water partition coefficient (Wildman–Crippen LogP) is 5.00. The molecule has 0 spiro atoms. The number of para-hydroxylation sites is 1. The number of amides is 1.